The minimum Gasteiger partial charge on any atom is -0.493 e. The first-order valence-electron chi connectivity index (χ1n) is 10.5. The van der Waals surface area contributed by atoms with Crippen LogP contribution in [0.25, 0.3) is 0 Å². The highest BCUT2D eigenvalue weighted by atomic mass is 35.5. The molecule has 1 aliphatic heterocycles. The molecule has 3 aromatic rings. The second-order valence-electron chi connectivity index (χ2n) is 8.04. The molecule has 8 heteroatoms. The molecule has 0 fully saturated rings. The molecule has 0 spiro atoms. The highest BCUT2D eigenvalue weighted by Crippen LogP contribution is 2.44. The Balaban J connectivity index is 1.90. The number of amides is 1. The Labute approximate surface area is 196 Å². The quantitative estimate of drug-likeness (QED) is 0.342. The highest BCUT2D eigenvalue weighted by molar-refractivity contribution is 6.30. The fraction of sp³-hybridized carbons (Fsp3) is 0.240. The molecular formula is C25H23ClN2O5. The second-order valence-corrected chi connectivity index (χ2v) is 8.47. The van der Waals surface area contributed by atoms with Crippen LogP contribution in [0.3, 0.4) is 0 Å². The van der Waals surface area contributed by atoms with Crippen molar-refractivity contribution in [3.05, 3.63) is 92.5 Å². The summed E-state index contributed by atoms with van der Waals surface area (Å²) in [6.45, 7) is 3.87. The minimum atomic E-state index is -0.472. The van der Waals surface area contributed by atoms with Crippen LogP contribution in [0.2, 0.25) is 5.02 Å². The molecule has 0 saturated heterocycles. The van der Waals surface area contributed by atoms with Crippen LogP contribution < -0.4 is 14.4 Å². The summed E-state index contributed by atoms with van der Waals surface area (Å²) in [5.74, 6) is 1.02. The van der Waals surface area contributed by atoms with Crippen molar-refractivity contribution in [3.8, 4) is 11.5 Å². The Morgan fingerprint density at radius 2 is 1.73 bits per heavy atom. The number of hydrogen-bond donors (Lipinski definition) is 0. The van der Waals surface area contributed by atoms with Gasteiger partial charge in [-0.15, -0.1) is 0 Å². The number of fused-ring (bicyclic) bond motifs is 1. The van der Waals surface area contributed by atoms with E-state index in [0.29, 0.717) is 22.2 Å². The van der Waals surface area contributed by atoms with Crippen molar-refractivity contribution in [3.63, 3.8) is 0 Å². The standard InChI is InChI=1S/C25H23ClN2O5/c1-15(2)33-23-14-21-17(12-22(23)32-3)13-24(29)27(19-8-10-20(11-9-19)28(30)31)25(21)16-4-6-18(26)7-5-16/h4-12,14-15,25H,13H2,1-3H3. The number of anilines is 1. The van der Waals surface area contributed by atoms with Gasteiger partial charge < -0.3 is 14.4 Å². The van der Waals surface area contributed by atoms with Crippen LogP contribution in [-0.2, 0) is 11.2 Å². The van der Waals surface area contributed by atoms with Crippen LogP contribution in [0.4, 0.5) is 11.4 Å². The first-order valence-corrected chi connectivity index (χ1v) is 10.9. The summed E-state index contributed by atoms with van der Waals surface area (Å²) < 4.78 is 11.5. The molecule has 1 heterocycles. The van der Waals surface area contributed by atoms with E-state index in [1.807, 2.05) is 38.1 Å². The predicted octanol–water partition coefficient (Wildman–Crippen LogP) is 5.72. The van der Waals surface area contributed by atoms with Gasteiger partial charge in [0.15, 0.2) is 11.5 Å². The lowest BCUT2D eigenvalue weighted by atomic mass is 9.86. The van der Waals surface area contributed by atoms with Crippen LogP contribution in [0.5, 0.6) is 11.5 Å². The summed E-state index contributed by atoms with van der Waals surface area (Å²) >= 11 is 6.12. The van der Waals surface area contributed by atoms with Crippen molar-refractivity contribution in [2.45, 2.75) is 32.4 Å². The van der Waals surface area contributed by atoms with Crippen molar-refractivity contribution in [2.75, 3.05) is 12.0 Å². The fourth-order valence-electron chi connectivity index (χ4n) is 4.06. The molecule has 4 rings (SSSR count). The number of carbonyl (C=O) groups excluding carboxylic acids is 1. The fourth-order valence-corrected chi connectivity index (χ4v) is 4.19. The van der Waals surface area contributed by atoms with Crippen molar-refractivity contribution in [1.29, 1.82) is 0 Å². The molecule has 1 atom stereocenters. The van der Waals surface area contributed by atoms with E-state index in [0.717, 1.165) is 16.7 Å². The van der Waals surface area contributed by atoms with Crippen LogP contribution in [0.1, 0.15) is 36.6 Å². The molecule has 1 unspecified atom stereocenters. The van der Waals surface area contributed by atoms with Gasteiger partial charge in [-0.25, -0.2) is 0 Å². The number of rotatable bonds is 6. The average Bonchev–Trinajstić information content (AvgIpc) is 2.78. The number of methoxy groups -OCH3 is 1. The first-order chi connectivity index (χ1) is 15.8. The maximum absolute atomic E-state index is 13.4. The maximum atomic E-state index is 13.4. The van der Waals surface area contributed by atoms with E-state index < -0.39 is 11.0 Å². The van der Waals surface area contributed by atoms with Crippen molar-refractivity contribution in [1.82, 2.24) is 0 Å². The van der Waals surface area contributed by atoms with Crippen molar-refractivity contribution < 1.29 is 19.2 Å². The minimum absolute atomic E-state index is 0.0380. The summed E-state index contributed by atoms with van der Waals surface area (Å²) in [5, 5.41) is 11.7. The highest BCUT2D eigenvalue weighted by Gasteiger charge is 2.36. The third-order valence-electron chi connectivity index (χ3n) is 5.48. The van der Waals surface area contributed by atoms with Gasteiger partial charge in [-0.1, -0.05) is 23.7 Å². The van der Waals surface area contributed by atoms with Crippen molar-refractivity contribution >= 4 is 28.9 Å². The van der Waals surface area contributed by atoms with Crippen molar-refractivity contribution in [2.24, 2.45) is 0 Å². The van der Waals surface area contributed by atoms with Gasteiger partial charge in [0.05, 0.1) is 30.6 Å². The van der Waals surface area contributed by atoms with E-state index in [9.17, 15) is 14.9 Å². The molecule has 0 saturated carbocycles. The number of ether oxygens (including phenoxy) is 2. The van der Waals surface area contributed by atoms with Gasteiger partial charge in [-0.2, -0.15) is 0 Å². The topological polar surface area (TPSA) is 81.9 Å². The van der Waals surface area contributed by atoms with Crippen LogP contribution in [0.15, 0.2) is 60.7 Å². The third kappa shape index (κ3) is 4.50. The maximum Gasteiger partial charge on any atom is 0.269 e. The van der Waals surface area contributed by atoms with Crippen LogP contribution >= 0.6 is 11.6 Å². The molecule has 1 aliphatic rings. The Morgan fingerprint density at radius 3 is 2.30 bits per heavy atom. The van der Waals surface area contributed by atoms with Gasteiger partial charge in [0.25, 0.3) is 5.69 Å². The Hall–Kier alpha value is -3.58. The number of benzene rings is 3. The van der Waals surface area contributed by atoms with E-state index in [1.165, 1.54) is 12.1 Å². The zero-order valence-electron chi connectivity index (χ0n) is 18.4. The van der Waals surface area contributed by atoms with Gasteiger partial charge in [0.1, 0.15) is 0 Å². The van der Waals surface area contributed by atoms with Gasteiger partial charge >= 0.3 is 0 Å². The lowest BCUT2D eigenvalue weighted by Crippen LogP contribution is -2.41. The normalized spacial score (nSPS) is 15.4. The summed E-state index contributed by atoms with van der Waals surface area (Å²) in [4.78, 5) is 25.7. The Kier molecular flexibility index (Phi) is 6.24. The second kappa shape index (κ2) is 9.11. The predicted molar refractivity (Wildman–Crippen MR) is 126 cm³/mol. The smallest absolute Gasteiger partial charge is 0.269 e. The Morgan fingerprint density at radius 1 is 1.06 bits per heavy atom. The van der Waals surface area contributed by atoms with E-state index >= 15 is 0 Å². The summed E-state index contributed by atoms with van der Waals surface area (Å²) in [6, 6.07) is 16.6. The molecule has 0 bridgehead atoms. The Bertz CT molecular complexity index is 1190. The summed E-state index contributed by atoms with van der Waals surface area (Å²) in [5.41, 5.74) is 3.12. The number of nitrogens with zero attached hydrogens (tertiary/aromatic N) is 2. The van der Waals surface area contributed by atoms with E-state index in [-0.39, 0.29) is 24.1 Å². The number of nitro groups is 1. The first kappa shape index (κ1) is 22.6. The van der Waals surface area contributed by atoms with Gasteiger partial charge in [0.2, 0.25) is 5.91 Å². The molecule has 7 nitrogen and oxygen atoms in total. The number of nitro benzene ring substituents is 1. The van der Waals surface area contributed by atoms with Crippen LogP contribution in [-0.4, -0.2) is 24.0 Å². The van der Waals surface area contributed by atoms with Crippen LogP contribution in [0, 0.1) is 10.1 Å². The number of non-ortho nitro benzene ring substituents is 1. The van der Waals surface area contributed by atoms with Gasteiger partial charge in [0, 0.05) is 22.8 Å². The molecule has 0 aromatic heterocycles. The lowest BCUT2D eigenvalue weighted by Gasteiger charge is -2.38. The molecule has 170 valence electrons. The molecular weight excluding hydrogens is 444 g/mol. The largest absolute Gasteiger partial charge is 0.493 e. The summed E-state index contributed by atoms with van der Waals surface area (Å²) in [7, 11) is 1.57. The zero-order chi connectivity index (χ0) is 23.7. The molecule has 0 radical (unpaired) electrons. The lowest BCUT2D eigenvalue weighted by molar-refractivity contribution is -0.384. The average molecular weight is 467 g/mol. The number of halogens is 1. The van der Waals surface area contributed by atoms with E-state index in [2.05, 4.69) is 0 Å². The van der Waals surface area contributed by atoms with Gasteiger partial charge in [-0.05, 0) is 66.9 Å². The van der Waals surface area contributed by atoms with Gasteiger partial charge in [-0.3, -0.25) is 14.9 Å². The van der Waals surface area contributed by atoms with E-state index in [1.54, 1.807) is 36.3 Å². The number of hydrogen-bond acceptors (Lipinski definition) is 5. The third-order valence-corrected chi connectivity index (χ3v) is 5.73. The monoisotopic (exact) mass is 466 g/mol. The summed E-state index contributed by atoms with van der Waals surface area (Å²) in [6.07, 6.45) is 0.0938. The van der Waals surface area contributed by atoms with E-state index in [4.69, 9.17) is 21.1 Å². The number of carbonyl (C=O) groups is 1. The molecule has 1 amide bonds. The molecule has 33 heavy (non-hydrogen) atoms. The molecule has 0 aliphatic carbocycles. The molecule has 3 aromatic carbocycles. The SMILES string of the molecule is COc1cc2c(cc1OC(C)C)C(c1ccc(Cl)cc1)N(c1ccc([N+](=O)[O-])cc1)C(=O)C2. The zero-order valence-corrected chi connectivity index (χ0v) is 19.2. The molecule has 0 N–H and O–H groups in total.